The van der Waals surface area contributed by atoms with E-state index in [2.05, 4.69) is 37.4 Å². The standard InChI is InChI=1S/C18H22N2S/c1-11-6-7-12(2)14(10-11)17(19-13-8-9-13)18-20-15-4-3-5-16(15)21-18/h6-7,10,13,17,19H,3-5,8-9H2,1-2H3. The fourth-order valence-corrected chi connectivity index (χ4v) is 4.42. The lowest BCUT2D eigenvalue weighted by atomic mass is 9.99. The first-order valence-electron chi connectivity index (χ1n) is 8.02. The molecule has 0 aliphatic heterocycles. The molecule has 2 aliphatic rings. The van der Waals surface area contributed by atoms with Crippen molar-refractivity contribution >= 4 is 11.3 Å². The Morgan fingerprint density at radius 1 is 1.24 bits per heavy atom. The van der Waals surface area contributed by atoms with Crippen molar-refractivity contribution in [3.63, 3.8) is 0 Å². The molecule has 1 aromatic heterocycles. The van der Waals surface area contributed by atoms with Gasteiger partial charge in [0, 0.05) is 10.9 Å². The smallest absolute Gasteiger partial charge is 0.115 e. The second-order valence-electron chi connectivity index (χ2n) is 6.51. The van der Waals surface area contributed by atoms with Crippen LogP contribution in [-0.4, -0.2) is 11.0 Å². The molecule has 21 heavy (non-hydrogen) atoms. The summed E-state index contributed by atoms with van der Waals surface area (Å²) >= 11 is 1.94. The minimum absolute atomic E-state index is 0.285. The average Bonchev–Trinajstić information content (AvgIpc) is 3.02. The molecular weight excluding hydrogens is 276 g/mol. The van der Waals surface area contributed by atoms with E-state index < -0.39 is 0 Å². The van der Waals surface area contributed by atoms with Gasteiger partial charge >= 0.3 is 0 Å². The Kier molecular flexibility index (Phi) is 3.35. The Labute approximate surface area is 130 Å². The van der Waals surface area contributed by atoms with Crippen molar-refractivity contribution in [3.8, 4) is 0 Å². The van der Waals surface area contributed by atoms with Crippen LogP contribution >= 0.6 is 11.3 Å². The fraction of sp³-hybridized carbons (Fsp3) is 0.500. The second kappa shape index (κ2) is 5.22. The number of aromatic nitrogens is 1. The highest BCUT2D eigenvalue weighted by Crippen LogP contribution is 2.36. The molecule has 0 saturated heterocycles. The number of aryl methyl sites for hydroxylation is 4. The zero-order valence-corrected chi connectivity index (χ0v) is 13.6. The predicted molar refractivity (Wildman–Crippen MR) is 88.1 cm³/mol. The summed E-state index contributed by atoms with van der Waals surface area (Å²) in [5.74, 6) is 0. The number of nitrogens with zero attached hydrogens (tertiary/aromatic N) is 1. The minimum Gasteiger partial charge on any atom is -0.301 e. The normalized spacial score (nSPS) is 18.8. The maximum absolute atomic E-state index is 4.98. The number of benzene rings is 1. The molecule has 1 atom stereocenters. The summed E-state index contributed by atoms with van der Waals surface area (Å²) in [6, 6.07) is 7.76. The molecule has 1 unspecified atom stereocenters. The lowest BCUT2D eigenvalue weighted by molar-refractivity contribution is 0.594. The molecule has 1 N–H and O–H groups in total. The monoisotopic (exact) mass is 298 g/mol. The van der Waals surface area contributed by atoms with Gasteiger partial charge in [0.1, 0.15) is 5.01 Å². The van der Waals surface area contributed by atoms with Gasteiger partial charge in [-0.1, -0.05) is 23.8 Å². The van der Waals surface area contributed by atoms with Crippen molar-refractivity contribution in [2.75, 3.05) is 0 Å². The molecule has 0 radical (unpaired) electrons. The molecule has 0 bridgehead atoms. The third kappa shape index (κ3) is 2.65. The van der Waals surface area contributed by atoms with Crippen molar-refractivity contribution in [1.29, 1.82) is 0 Å². The van der Waals surface area contributed by atoms with Gasteiger partial charge in [-0.25, -0.2) is 4.98 Å². The van der Waals surface area contributed by atoms with E-state index in [9.17, 15) is 0 Å². The Morgan fingerprint density at radius 2 is 2.10 bits per heavy atom. The first kappa shape index (κ1) is 13.5. The fourth-order valence-electron chi connectivity index (χ4n) is 3.18. The van der Waals surface area contributed by atoms with Crippen LogP contribution in [0.3, 0.4) is 0 Å². The van der Waals surface area contributed by atoms with Crippen molar-refractivity contribution in [1.82, 2.24) is 10.3 Å². The van der Waals surface area contributed by atoms with E-state index in [0.29, 0.717) is 6.04 Å². The Balaban J connectivity index is 1.74. The quantitative estimate of drug-likeness (QED) is 0.919. The molecular formula is C18H22N2S. The first-order valence-corrected chi connectivity index (χ1v) is 8.84. The largest absolute Gasteiger partial charge is 0.301 e. The highest BCUT2D eigenvalue weighted by molar-refractivity contribution is 7.11. The molecule has 4 rings (SSSR count). The van der Waals surface area contributed by atoms with E-state index in [4.69, 9.17) is 4.98 Å². The zero-order chi connectivity index (χ0) is 14.4. The summed E-state index contributed by atoms with van der Waals surface area (Å²) in [6.45, 7) is 4.40. The van der Waals surface area contributed by atoms with Crippen LogP contribution in [0.15, 0.2) is 18.2 Å². The highest BCUT2D eigenvalue weighted by Gasteiger charge is 2.30. The first-order chi connectivity index (χ1) is 10.2. The van der Waals surface area contributed by atoms with E-state index in [-0.39, 0.29) is 6.04 Å². The SMILES string of the molecule is Cc1ccc(C)c(C(NC2CC2)c2nc3c(s2)CCC3)c1. The molecule has 2 aliphatic carbocycles. The number of thiazole rings is 1. The molecule has 2 nitrogen and oxygen atoms in total. The summed E-state index contributed by atoms with van der Waals surface area (Å²) in [6.07, 6.45) is 6.32. The molecule has 1 fully saturated rings. The molecule has 1 aromatic carbocycles. The van der Waals surface area contributed by atoms with Crippen LogP contribution in [-0.2, 0) is 12.8 Å². The molecule has 2 aromatic rings. The van der Waals surface area contributed by atoms with Crippen LogP contribution in [0, 0.1) is 13.8 Å². The number of fused-ring (bicyclic) bond motifs is 1. The van der Waals surface area contributed by atoms with Gasteiger partial charge in [0.15, 0.2) is 0 Å². The molecule has 0 amide bonds. The van der Waals surface area contributed by atoms with Crippen molar-refractivity contribution in [2.45, 2.75) is 58.0 Å². The van der Waals surface area contributed by atoms with Gasteiger partial charge in [0.2, 0.25) is 0 Å². The number of rotatable bonds is 4. The maximum Gasteiger partial charge on any atom is 0.115 e. The van der Waals surface area contributed by atoms with Gasteiger partial charge in [0.25, 0.3) is 0 Å². The Hall–Kier alpha value is -1.19. The molecule has 110 valence electrons. The summed E-state index contributed by atoms with van der Waals surface area (Å²) in [5.41, 5.74) is 5.48. The van der Waals surface area contributed by atoms with E-state index in [1.54, 1.807) is 0 Å². The topological polar surface area (TPSA) is 24.9 Å². The Bertz CT molecular complexity index is 648. The van der Waals surface area contributed by atoms with Crippen LogP contribution in [0.4, 0.5) is 0 Å². The predicted octanol–water partition coefficient (Wildman–Crippen LogP) is 4.09. The van der Waals surface area contributed by atoms with Gasteiger partial charge in [0.05, 0.1) is 11.7 Å². The summed E-state index contributed by atoms with van der Waals surface area (Å²) in [4.78, 5) is 6.50. The second-order valence-corrected chi connectivity index (χ2v) is 7.62. The van der Waals surface area contributed by atoms with E-state index >= 15 is 0 Å². The number of nitrogens with one attached hydrogen (secondary N) is 1. The third-order valence-electron chi connectivity index (χ3n) is 4.58. The number of hydrogen-bond donors (Lipinski definition) is 1. The van der Waals surface area contributed by atoms with Gasteiger partial charge < -0.3 is 5.32 Å². The highest BCUT2D eigenvalue weighted by atomic mass is 32.1. The van der Waals surface area contributed by atoms with Crippen molar-refractivity contribution in [2.24, 2.45) is 0 Å². The summed E-state index contributed by atoms with van der Waals surface area (Å²) in [5, 5.41) is 5.11. The van der Waals surface area contributed by atoms with Gasteiger partial charge in [-0.2, -0.15) is 0 Å². The lowest BCUT2D eigenvalue weighted by Gasteiger charge is -2.19. The van der Waals surface area contributed by atoms with Crippen LogP contribution in [0.5, 0.6) is 0 Å². The molecule has 3 heteroatoms. The van der Waals surface area contributed by atoms with Gasteiger partial charge in [-0.05, 0) is 57.1 Å². The number of hydrogen-bond acceptors (Lipinski definition) is 3. The van der Waals surface area contributed by atoms with E-state index in [1.807, 2.05) is 11.3 Å². The Morgan fingerprint density at radius 3 is 2.86 bits per heavy atom. The minimum atomic E-state index is 0.285. The van der Waals surface area contributed by atoms with Crippen molar-refractivity contribution in [3.05, 3.63) is 50.5 Å². The van der Waals surface area contributed by atoms with Crippen LogP contribution < -0.4 is 5.32 Å². The van der Waals surface area contributed by atoms with Crippen LogP contribution in [0.25, 0.3) is 0 Å². The zero-order valence-electron chi connectivity index (χ0n) is 12.8. The van der Waals surface area contributed by atoms with E-state index in [0.717, 1.165) is 0 Å². The third-order valence-corrected chi connectivity index (χ3v) is 5.81. The summed E-state index contributed by atoms with van der Waals surface area (Å²) < 4.78 is 0. The van der Waals surface area contributed by atoms with Crippen LogP contribution in [0.1, 0.15) is 57.6 Å². The molecule has 1 saturated carbocycles. The maximum atomic E-state index is 4.98. The molecule has 1 heterocycles. The average molecular weight is 298 g/mol. The van der Waals surface area contributed by atoms with E-state index in [1.165, 1.54) is 64.4 Å². The molecule has 0 spiro atoms. The van der Waals surface area contributed by atoms with Crippen molar-refractivity contribution < 1.29 is 0 Å². The van der Waals surface area contributed by atoms with Gasteiger partial charge in [-0.3, -0.25) is 0 Å². The lowest BCUT2D eigenvalue weighted by Crippen LogP contribution is -2.25. The summed E-state index contributed by atoms with van der Waals surface area (Å²) in [7, 11) is 0. The van der Waals surface area contributed by atoms with Crippen LogP contribution in [0.2, 0.25) is 0 Å². The van der Waals surface area contributed by atoms with Gasteiger partial charge in [-0.15, -0.1) is 11.3 Å².